The fourth-order valence-corrected chi connectivity index (χ4v) is 3.80. The van der Waals surface area contributed by atoms with Gasteiger partial charge in [0, 0.05) is 32.9 Å². The molecule has 3 aliphatic heterocycles. The van der Waals surface area contributed by atoms with E-state index in [-0.39, 0.29) is 24.8 Å². The van der Waals surface area contributed by atoms with Gasteiger partial charge in [-0.2, -0.15) is 0 Å². The minimum absolute atomic E-state index is 0.0224. The second-order valence-corrected chi connectivity index (χ2v) is 7.11. The Hall–Kier alpha value is -1.47. The molecule has 3 heterocycles. The first-order valence-electron chi connectivity index (χ1n) is 7.46. The van der Waals surface area contributed by atoms with Gasteiger partial charge in [-0.05, 0) is 33.6 Å². The number of rotatable bonds is 1. The number of halogens is 2. The van der Waals surface area contributed by atoms with Crippen LogP contribution in [0.4, 0.5) is 0 Å². The molecule has 0 radical (unpaired) electrons. The largest absolute Gasteiger partial charge is 0.367 e. The molecule has 0 spiro atoms. The average molecular weight is 411 g/mol. The summed E-state index contributed by atoms with van der Waals surface area (Å²) in [6.07, 6.45) is 0. The van der Waals surface area contributed by atoms with Crippen LogP contribution in [0.5, 0.6) is 0 Å². The van der Waals surface area contributed by atoms with E-state index in [1.807, 2.05) is 12.1 Å². The number of carbonyl (C=O) groups excluding carboxylic acids is 2. The molecule has 124 valence electrons. The van der Waals surface area contributed by atoms with Crippen LogP contribution >= 0.6 is 27.5 Å². The van der Waals surface area contributed by atoms with Crippen molar-refractivity contribution in [2.24, 2.45) is 0 Å². The van der Waals surface area contributed by atoms with Crippen LogP contribution in [0.15, 0.2) is 45.2 Å². The van der Waals surface area contributed by atoms with E-state index in [1.165, 1.54) is 0 Å². The van der Waals surface area contributed by atoms with E-state index >= 15 is 0 Å². The number of ether oxygens (including phenoxy) is 2. The van der Waals surface area contributed by atoms with E-state index < -0.39 is 5.92 Å². The zero-order valence-corrected chi connectivity index (χ0v) is 14.9. The van der Waals surface area contributed by atoms with Crippen molar-refractivity contribution in [3.63, 3.8) is 0 Å². The lowest BCUT2D eigenvalue weighted by Gasteiger charge is -2.36. The molecule has 0 amide bonds. The number of nitrogens with one attached hydrogen (secondary N) is 1. The molecule has 5 nitrogen and oxygen atoms in total. The molecule has 0 bridgehead atoms. The topological polar surface area (TPSA) is 64.6 Å². The standard InChI is InChI=1S/C17H13BrClNO4/c18-9-2-1-8(3-10(9)19)15-16-11(4-23-6-13(16)21)20-12-5-24-7-14(22)17(12)15/h1-3,15,20H,4-7H2. The lowest BCUT2D eigenvalue weighted by atomic mass is 9.76. The molecule has 1 aromatic rings. The number of carbonyl (C=O) groups is 2. The minimum Gasteiger partial charge on any atom is -0.367 e. The van der Waals surface area contributed by atoms with Gasteiger partial charge >= 0.3 is 0 Å². The molecule has 24 heavy (non-hydrogen) atoms. The normalized spacial score (nSPS) is 21.6. The van der Waals surface area contributed by atoms with E-state index in [2.05, 4.69) is 21.2 Å². The van der Waals surface area contributed by atoms with Gasteiger partial charge in [0.25, 0.3) is 0 Å². The van der Waals surface area contributed by atoms with Gasteiger partial charge in [0.15, 0.2) is 11.6 Å². The Balaban J connectivity index is 1.92. The van der Waals surface area contributed by atoms with E-state index in [9.17, 15) is 9.59 Å². The van der Waals surface area contributed by atoms with Crippen molar-refractivity contribution in [3.05, 3.63) is 55.8 Å². The van der Waals surface area contributed by atoms with Gasteiger partial charge in [-0.3, -0.25) is 9.59 Å². The van der Waals surface area contributed by atoms with E-state index in [0.717, 1.165) is 10.0 Å². The molecule has 0 saturated carbocycles. The fraction of sp³-hybridized carbons (Fsp3) is 0.294. The predicted octanol–water partition coefficient (Wildman–Crippen LogP) is 2.50. The molecule has 0 atom stereocenters. The predicted molar refractivity (Wildman–Crippen MR) is 90.7 cm³/mol. The summed E-state index contributed by atoms with van der Waals surface area (Å²) in [6, 6.07) is 5.50. The highest BCUT2D eigenvalue weighted by Gasteiger charge is 2.41. The number of ketones is 2. The van der Waals surface area contributed by atoms with Crippen molar-refractivity contribution in [1.29, 1.82) is 0 Å². The molecule has 7 heteroatoms. The summed E-state index contributed by atoms with van der Waals surface area (Å²) in [7, 11) is 0. The Labute approximate surface area is 151 Å². The molecule has 4 rings (SSSR count). The van der Waals surface area contributed by atoms with E-state index in [0.29, 0.717) is 40.8 Å². The third-order valence-electron chi connectivity index (χ3n) is 4.37. The Morgan fingerprint density at radius 3 is 2.12 bits per heavy atom. The number of hydrogen-bond acceptors (Lipinski definition) is 5. The Kier molecular flexibility index (Phi) is 4.08. The molecule has 0 fully saturated rings. The number of dihydropyridines is 1. The maximum absolute atomic E-state index is 12.5. The van der Waals surface area contributed by atoms with Gasteiger partial charge in [-0.25, -0.2) is 0 Å². The van der Waals surface area contributed by atoms with Crippen LogP contribution in [0.3, 0.4) is 0 Å². The van der Waals surface area contributed by atoms with Crippen molar-refractivity contribution in [3.8, 4) is 0 Å². The highest BCUT2D eigenvalue weighted by molar-refractivity contribution is 9.10. The smallest absolute Gasteiger partial charge is 0.187 e. The van der Waals surface area contributed by atoms with Crippen LogP contribution in [0.2, 0.25) is 5.02 Å². The number of benzene rings is 1. The molecular weight excluding hydrogens is 398 g/mol. The van der Waals surface area contributed by atoms with Gasteiger partial charge in [-0.15, -0.1) is 0 Å². The van der Waals surface area contributed by atoms with Gasteiger partial charge in [-0.1, -0.05) is 17.7 Å². The highest BCUT2D eigenvalue weighted by Crippen LogP contribution is 2.42. The molecule has 3 aliphatic rings. The second-order valence-electron chi connectivity index (χ2n) is 5.85. The summed E-state index contributed by atoms with van der Waals surface area (Å²) in [6.45, 7) is 0.669. The molecule has 0 saturated heterocycles. The summed E-state index contributed by atoms with van der Waals surface area (Å²) in [5, 5.41) is 3.71. The third-order valence-corrected chi connectivity index (χ3v) is 5.60. The monoisotopic (exact) mass is 409 g/mol. The first kappa shape index (κ1) is 16.0. The highest BCUT2D eigenvalue weighted by atomic mass is 79.9. The lowest BCUT2D eigenvalue weighted by Crippen LogP contribution is -2.42. The maximum Gasteiger partial charge on any atom is 0.187 e. The summed E-state index contributed by atoms with van der Waals surface area (Å²) in [5.74, 6) is -0.660. The molecule has 1 N–H and O–H groups in total. The van der Waals surface area contributed by atoms with Crippen molar-refractivity contribution in [2.45, 2.75) is 5.92 Å². The summed E-state index contributed by atoms with van der Waals surface area (Å²) >= 11 is 9.61. The van der Waals surface area contributed by atoms with E-state index in [4.69, 9.17) is 21.1 Å². The van der Waals surface area contributed by atoms with Crippen LogP contribution < -0.4 is 5.32 Å². The number of Topliss-reactive ketones (excluding diaryl/α,β-unsaturated/α-hetero) is 2. The zero-order valence-electron chi connectivity index (χ0n) is 12.5. The Bertz CT molecular complexity index is 788. The first-order chi connectivity index (χ1) is 11.6. The summed E-state index contributed by atoms with van der Waals surface area (Å²) in [5.41, 5.74) is 3.40. The molecular formula is C17H13BrClNO4. The van der Waals surface area contributed by atoms with Crippen LogP contribution in [-0.4, -0.2) is 38.0 Å². The Morgan fingerprint density at radius 1 is 1.00 bits per heavy atom. The van der Waals surface area contributed by atoms with Crippen LogP contribution in [0, 0.1) is 0 Å². The van der Waals surface area contributed by atoms with Crippen molar-refractivity contribution >= 4 is 39.1 Å². The summed E-state index contributed by atoms with van der Waals surface area (Å²) < 4.78 is 11.4. The quantitative estimate of drug-likeness (QED) is 0.771. The molecule has 0 aromatic heterocycles. The maximum atomic E-state index is 12.5. The van der Waals surface area contributed by atoms with Crippen LogP contribution in [0.25, 0.3) is 0 Å². The van der Waals surface area contributed by atoms with Gasteiger partial charge < -0.3 is 14.8 Å². The van der Waals surface area contributed by atoms with Gasteiger partial charge in [0.1, 0.15) is 13.2 Å². The second kappa shape index (κ2) is 6.11. The molecule has 0 aliphatic carbocycles. The van der Waals surface area contributed by atoms with Crippen LogP contribution in [-0.2, 0) is 19.1 Å². The Morgan fingerprint density at radius 2 is 1.58 bits per heavy atom. The SMILES string of the molecule is O=C1COCC2=C1C(c1ccc(Br)c(Cl)c1)C1=C(COCC1=O)N2. The zero-order chi connectivity index (χ0) is 16.8. The van der Waals surface area contributed by atoms with Crippen molar-refractivity contribution in [1.82, 2.24) is 5.32 Å². The van der Waals surface area contributed by atoms with Crippen molar-refractivity contribution < 1.29 is 19.1 Å². The fourth-order valence-electron chi connectivity index (χ4n) is 3.37. The third kappa shape index (κ3) is 2.54. The lowest BCUT2D eigenvalue weighted by molar-refractivity contribution is -0.122. The first-order valence-corrected chi connectivity index (χ1v) is 8.63. The van der Waals surface area contributed by atoms with Crippen molar-refractivity contribution in [2.75, 3.05) is 26.4 Å². The molecule has 1 aromatic carbocycles. The minimum atomic E-state index is -0.436. The van der Waals surface area contributed by atoms with Gasteiger partial charge in [0.05, 0.1) is 18.2 Å². The molecule has 0 unspecified atom stereocenters. The van der Waals surface area contributed by atoms with Crippen LogP contribution in [0.1, 0.15) is 11.5 Å². The average Bonchev–Trinajstić information content (AvgIpc) is 2.56. The number of hydrogen-bond donors (Lipinski definition) is 1. The van der Waals surface area contributed by atoms with Gasteiger partial charge in [0.2, 0.25) is 0 Å². The van der Waals surface area contributed by atoms with E-state index in [1.54, 1.807) is 6.07 Å². The summed E-state index contributed by atoms with van der Waals surface area (Å²) in [4.78, 5) is 25.0.